The molecule has 1 aliphatic carbocycles. The van der Waals surface area contributed by atoms with Crippen molar-refractivity contribution in [3.63, 3.8) is 0 Å². The van der Waals surface area contributed by atoms with Gasteiger partial charge in [-0.25, -0.2) is 15.4 Å². The second-order valence-electron chi connectivity index (χ2n) is 6.94. The second kappa shape index (κ2) is 8.17. The van der Waals surface area contributed by atoms with Crippen molar-refractivity contribution in [3.8, 4) is 6.01 Å². The van der Waals surface area contributed by atoms with Gasteiger partial charge in [0.05, 0.1) is 16.2 Å². The number of ether oxygens (including phenoxy) is 1. The molecule has 2 heterocycles. The van der Waals surface area contributed by atoms with Gasteiger partial charge in [0.1, 0.15) is 17.9 Å². The molecule has 0 atom stereocenters. The molecule has 1 aromatic carbocycles. The quantitative estimate of drug-likeness (QED) is 0.244. The van der Waals surface area contributed by atoms with Crippen molar-refractivity contribution in [2.45, 2.75) is 19.4 Å². The van der Waals surface area contributed by atoms with Gasteiger partial charge in [0, 0.05) is 13.0 Å². The summed E-state index contributed by atoms with van der Waals surface area (Å²) in [7, 11) is 1.60. The summed E-state index contributed by atoms with van der Waals surface area (Å²) in [6.45, 7) is 0.0974. The van der Waals surface area contributed by atoms with Crippen molar-refractivity contribution in [3.05, 3.63) is 47.1 Å². The molecule has 0 unspecified atom stereocenters. The van der Waals surface area contributed by atoms with Crippen molar-refractivity contribution in [2.75, 3.05) is 12.4 Å². The number of hydrazine groups is 1. The average molecular weight is 429 g/mol. The van der Waals surface area contributed by atoms with E-state index in [9.17, 15) is 4.79 Å². The second-order valence-corrected chi connectivity index (χ2v) is 7.35. The number of nitrogens with zero attached hydrogens (tertiary/aromatic N) is 5. The number of halogens is 1. The minimum Gasteiger partial charge on any atom is -0.458 e. The molecule has 2 aromatic heterocycles. The van der Waals surface area contributed by atoms with Crippen LogP contribution in [0.25, 0.3) is 11.0 Å². The lowest BCUT2D eigenvalue weighted by atomic mass is 10.3. The summed E-state index contributed by atoms with van der Waals surface area (Å²) in [4.78, 5) is 20.9. The molecule has 0 aliphatic heterocycles. The van der Waals surface area contributed by atoms with Crippen molar-refractivity contribution in [2.24, 2.45) is 22.7 Å². The largest absolute Gasteiger partial charge is 0.458 e. The van der Waals surface area contributed by atoms with E-state index < -0.39 is 0 Å². The van der Waals surface area contributed by atoms with Crippen molar-refractivity contribution < 1.29 is 9.53 Å². The third-order valence-electron chi connectivity index (χ3n) is 4.59. The smallest absolute Gasteiger partial charge is 0.305 e. The number of imidazole rings is 1. The van der Waals surface area contributed by atoms with Crippen molar-refractivity contribution >= 4 is 40.3 Å². The molecule has 1 amide bonds. The first-order valence-corrected chi connectivity index (χ1v) is 9.69. The van der Waals surface area contributed by atoms with Gasteiger partial charge in [-0.1, -0.05) is 23.7 Å². The minimum atomic E-state index is -0.00761. The number of hydrazone groups is 1. The molecule has 0 spiro atoms. The third-order valence-corrected chi connectivity index (χ3v) is 4.90. The number of amides is 1. The van der Waals surface area contributed by atoms with Gasteiger partial charge in [-0.15, -0.1) is 5.10 Å². The van der Waals surface area contributed by atoms with E-state index in [1.807, 2.05) is 6.07 Å². The Morgan fingerprint density at radius 1 is 1.33 bits per heavy atom. The van der Waals surface area contributed by atoms with E-state index >= 15 is 0 Å². The van der Waals surface area contributed by atoms with E-state index in [0.29, 0.717) is 27.6 Å². The van der Waals surface area contributed by atoms with Gasteiger partial charge < -0.3 is 15.9 Å². The summed E-state index contributed by atoms with van der Waals surface area (Å²) in [6.07, 6.45) is 1.85. The molecule has 0 radical (unpaired) electrons. The van der Waals surface area contributed by atoms with Crippen molar-refractivity contribution in [1.29, 1.82) is 0 Å². The highest BCUT2D eigenvalue weighted by Crippen LogP contribution is 2.30. The lowest BCUT2D eigenvalue weighted by Gasteiger charge is -2.17. The number of pyridine rings is 1. The van der Waals surface area contributed by atoms with E-state index in [2.05, 4.69) is 20.4 Å². The van der Waals surface area contributed by atoms with Gasteiger partial charge >= 0.3 is 6.01 Å². The Morgan fingerprint density at radius 3 is 2.80 bits per heavy atom. The number of aromatic nitrogens is 3. The van der Waals surface area contributed by atoms with E-state index in [-0.39, 0.29) is 30.4 Å². The standard InChI is InChI=1S/C19H21ClN8O2/c1-27(22)18(26-21)28-14-6-3-5-13(20)16(14)25-19(28)30-10-12-4-2-7-15(23-12)24-17(29)11-8-9-11/h2-7,11H,8-10,21-22H2,1H3,(H,23,24,29)/b26-18+. The lowest BCUT2D eigenvalue weighted by Crippen LogP contribution is -2.39. The number of rotatable bonds is 5. The first-order chi connectivity index (χ1) is 14.5. The van der Waals surface area contributed by atoms with Gasteiger partial charge in [0.15, 0.2) is 0 Å². The Balaban J connectivity index is 1.61. The zero-order valence-corrected chi connectivity index (χ0v) is 17.0. The van der Waals surface area contributed by atoms with Crippen LogP contribution in [-0.2, 0) is 11.4 Å². The van der Waals surface area contributed by atoms with Gasteiger partial charge in [0.2, 0.25) is 11.9 Å². The molecule has 156 valence electrons. The Kier molecular flexibility index (Phi) is 5.42. The molecular weight excluding hydrogens is 408 g/mol. The van der Waals surface area contributed by atoms with Crippen LogP contribution in [0.4, 0.5) is 5.82 Å². The third kappa shape index (κ3) is 4.00. The number of para-hydroxylation sites is 1. The molecule has 1 saturated carbocycles. The summed E-state index contributed by atoms with van der Waals surface area (Å²) >= 11 is 6.29. The number of fused-ring (bicyclic) bond motifs is 1. The van der Waals surface area contributed by atoms with E-state index in [0.717, 1.165) is 12.8 Å². The maximum absolute atomic E-state index is 12.0. The number of carbonyl (C=O) groups is 1. The van der Waals surface area contributed by atoms with E-state index in [4.69, 9.17) is 28.0 Å². The Bertz CT molecular complexity index is 1120. The number of hydrogen-bond donors (Lipinski definition) is 3. The first kappa shape index (κ1) is 19.9. The molecular formula is C19H21ClN8O2. The molecule has 30 heavy (non-hydrogen) atoms. The molecule has 10 nitrogen and oxygen atoms in total. The molecule has 11 heteroatoms. The highest BCUT2D eigenvalue weighted by Gasteiger charge is 2.29. The number of nitrogens with one attached hydrogen (secondary N) is 1. The number of benzene rings is 1. The van der Waals surface area contributed by atoms with Crippen LogP contribution >= 0.6 is 11.6 Å². The van der Waals surface area contributed by atoms with Crippen LogP contribution in [0.5, 0.6) is 6.01 Å². The molecule has 0 saturated heterocycles. The molecule has 3 aromatic rings. The number of anilines is 1. The fraction of sp³-hybridized carbons (Fsp3) is 0.263. The number of hydrogen-bond acceptors (Lipinski definition) is 7. The zero-order chi connectivity index (χ0) is 21.3. The fourth-order valence-corrected chi connectivity index (χ4v) is 3.19. The predicted octanol–water partition coefficient (Wildman–Crippen LogP) is 1.90. The number of carbonyl (C=O) groups excluding carboxylic acids is 1. The van der Waals surface area contributed by atoms with Gasteiger partial charge in [-0.2, -0.15) is 4.98 Å². The lowest BCUT2D eigenvalue weighted by molar-refractivity contribution is -0.117. The van der Waals surface area contributed by atoms with Crippen LogP contribution in [-0.4, -0.2) is 38.5 Å². The Morgan fingerprint density at radius 2 is 2.10 bits per heavy atom. The normalized spacial score (nSPS) is 14.0. The summed E-state index contributed by atoms with van der Waals surface area (Å²) in [5.41, 5.74) is 1.77. The zero-order valence-electron chi connectivity index (χ0n) is 16.2. The van der Waals surface area contributed by atoms with Gasteiger partial charge in [-0.05, 0) is 37.1 Å². The minimum absolute atomic E-state index is 0.00761. The topological polar surface area (TPSA) is 137 Å². The van der Waals surface area contributed by atoms with Gasteiger partial charge in [-0.3, -0.25) is 9.80 Å². The maximum Gasteiger partial charge on any atom is 0.305 e. The summed E-state index contributed by atoms with van der Waals surface area (Å²) < 4.78 is 7.48. The van der Waals surface area contributed by atoms with Crippen LogP contribution in [0.3, 0.4) is 0 Å². The summed E-state index contributed by atoms with van der Waals surface area (Å²) in [6, 6.07) is 10.8. The van der Waals surface area contributed by atoms with Crippen LogP contribution < -0.4 is 21.7 Å². The van der Waals surface area contributed by atoms with Crippen molar-refractivity contribution in [1.82, 2.24) is 19.5 Å². The Labute approximate surface area is 177 Å². The monoisotopic (exact) mass is 428 g/mol. The Hall–Kier alpha value is -3.37. The maximum atomic E-state index is 12.0. The molecule has 0 bridgehead atoms. The van der Waals surface area contributed by atoms with Crippen LogP contribution in [0.2, 0.25) is 5.02 Å². The SMILES string of the molecule is CN(N)/C(=N\N)n1c(OCc2cccc(NC(=O)C3CC3)n2)nc2c(Cl)cccc21. The average Bonchev–Trinajstić information content (AvgIpc) is 3.51. The van der Waals surface area contributed by atoms with Crippen LogP contribution in [0.15, 0.2) is 41.5 Å². The molecule has 4 rings (SSSR count). The highest BCUT2D eigenvalue weighted by molar-refractivity contribution is 6.35. The summed E-state index contributed by atoms with van der Waals surface area (Å²) in [5, 5.41) is 8.28. The fourth-order valence-electron chi connectivity index (χ4n) is 2.98. The predicted molar refractivity (Wildman–Crippen MR) is 114 cm³/mol. The van der Waals surface area contributed by atoms with Crippen LogP contribution in [0, 0.1) is 5.92 Å². The molecule has 1 fully saturated rings. The van der Waals surface area contributed by atoms with E-state index in [1.165, 1.54) is 5.01 Å². The summed E-state index contributed by atoms with van der Waals surface area (Å²) in [5.74, 6) is 12.2. The van der Waals surface area contributed by atoms with Gasteiger partial charge in [0.25, 0.3) is 0 Å². The van der Waals surface area contributed by atoms with E-state index in [1.54, 1.807) is 41.9 Å². The molecule has 1 aliphatic rings. The highest BCUT2D eigenvalue weighted by atomic mass is 35.5. The number of nitrogens with two attached hydrogens (primary N) is 2. The molecule has 5 N–H and O–H groups in total. The van der Waals surface area contributed by atoms with Crippen LogP contribution in [0.1, 0.15) is 18.5 Å². The first-order valence-electron chi connectivity index (χ1n) is 9.31.